The molecule has 7 nitrogen and oxygen atoms in total. The van der Waals surface area contributed by atoms with Gasteiger partial charge in [-0.25, -0.2) is 0 Å². The van der Waals surface area contributed by atoms with Gasteiger partial charge in [-0.2, -0.15) is 0 Å². The van der Waals surface area contributed by atoms with Gasteiger partial charge in [0, 0.05) is 11.1 Å². The Balaban J connectivity index is 1.92. The van der Waals surface area contributed by atoms with Crippen LogP contribution in [0.1, 0.15) is 22.0 Å². The number of esters is 1. The Morgan fingerprint density at radius 1 is 1.04 bits per heavy atom. The van der Waals surface area contributed by atoms with Gasteiger partial charge < -0.3 is 20.5 Å². The third kappa shape index (κ3) is 5.07. The fourth-order valence-corrected chi connectivity index (χ4v) is 2.09. The number of hydrogen-bond acceptors (Lipinski definition) is 5. The van der Waals surface area contributed by atoms with Gasteiger partial charge in [-0.15, -0.1) is 0 Å². The normalized spacial score (nSPS) is 11.2. The number of carbonyl (C=O) groups excluding carboxylic acids is 3. The zero-order valence-electron chi connectivity index (χ0n) is 13.6. The molecular formula is C18H18N2O5. The van der Waals surface area contributed by atoms with Gasteiger partial charge >= 0.3 is 5.97 Å². The summed E-state index contributed by atoms with van der Waals surface area (Å²) in [5.41, 5.74) is 6.10. The molecule has 25 heavy (non-hydrogen) atoms. The Labute approximate surface area is 144 Å². The van der Waals surface area contributed by atoms with Crippen molar-refractivity contribution in [1.29, 1.82) is 0 Å². The first-order valence-electron chi connectivity index (χ1n) is 7.47. The lowest BCUT2D eigenvalue weighted by atomic mass is 10.1. The predicted molar refractivity (Wildman–Crippen MR) is 89.8 cm³/mol. The first-order valence-corrected chi connectivity index (χ1v) is 7.47. The van der Waals surface area contributed by atoms with E-state index in [0.29, 0.717) is 16.9 Å². The number of ether oxygens (including phenoxy) is 2. The maximum Gasteiger partial charge on any atom is 0.326 e. The highest BCUT2D eigenvalue weighted by atomic mass is 16.5. The highest BCUT2D eigenvalue weighted by Gasteiger charge is 2.22. The number of nitrogens with two attached hydrogens (primary N) is 1. The molecule has 0 heterocycles. The molecule has 1 atom stereocenters. The molecule has 0 saturated carbocycles. The number of benzene rings is 2. The van der Waals surface area contributed by atoms with Gasteiger partial charge in [0.05, 0.1) is 7.11 Å². The Morgan fingerprint density at radius 2 is 1.68 bits per heavy atom. The summed E-state index contributed by atoms with van der Waals surface area (Å²) in [7, 11) is 1.52. The van der Waals surface area contributed by atoms with E-state index < -0.39 is 23.9 Å². The van der Waals surface area contributed by atoms with Crippen molar-refractivity contribution in [3.8, 4) is 5.75 Å². The fourth-order valence-electron chi connectivity index (χ4n) is 2.09. The van der Waals surface area contributed by atoms with Gasteiger partial charge in [-0.05, 0) is 24.3 Å². The standard InChI is InChI=1S/C18H18N2O5/c1-24-14-9-7-13(8-10-14)18(23)20-11-15(21)25-16(17(19)22)12-5-3-2-4-6-12/h2-10,16H,11H2,1H3,(H2,19,22)(H,20,23). The summed E-state index contributed by atoms with van der Waals surface area (Å²) in [6.45, 7) is -0.387. The topological polar surface area (TPSA) is 108 Å². The molecule has 0 radical (unpaired) electrons. The summed E-state index contributed by atoms with van der Waals surface area (Å²) < 4.78 is 10.1. The van der Waals surface area contributed by atoms with Crippen LogP contribution in [0.3, 0.4) is 0 Å². The number of amides is 2. The van der Waals surface area contributed by atoms with Crippen LogP contribution < -0.4 is 15.8 Å². The first kappa shape index (κ1) is 18.0. The lowest BCUT2D eigenvalue weighted by Crippen LogP contribution is -2.33. The Hall–Kier alpha value is -3.35. The molecule has 0 aliphatic rings. The molecule has 2 rings (SSSR count). The van der Waals surface area contributed by atoms with Gasteiger partial charge in [-0.3, -0.25) is 14.4 Å². The molecule has 0 bridgehead atoms. The van der Waals surface area contributed by atoms with Crippen molar-refractivity contribution in [3.05, 3.63) is 65.7 Å². The summed E-state index contributed by atoms with van der Waals surface area (Å²) in [5, 5.41) is 2.43. The highest BCUT2D eigenvalue weighted by Crippen LogP contribution is 2.16. The van der Waals surface area contributed by atoms with Crippen molar-refractivity contribution >= 4 is 17.8 Å². The van der Waals surface area contributed by atoms with E-state index in [1.54, 1.807) is 54.6 Å². The van der Waals surface area contributed by atoms with Crippen LogP contribution in [-0.2, 0) is 14.3 Å². The van der Waals surface area contributed by atoms with Gasteiger partial charge in [0.15, 0.2) is 0 Å². The molecule has 2 aromatic carbocycles. The predicted octanol–water partition coefficient (Wildman–Crippen LogP) is 1.19. The molecule has 0 spiro atoms. The van der Waals surface area contributed by atoms with Crippen LogP contribution in [-0.4, -0.2) is 31.4 Å². The average molecular weight is 342 g/mol. The Bertz CT molecular complexity index is 744. The number of carbonyl (C=O) groups is 3. The van der Waals surface area contributed by atoms with Gasteiger partial charge in [-0.1, -0.05) is 30.3 Å². The lowest BCUT2D eigenvalue weighted by Gasteiger charge is -2.15. The number of primary amides is 1. The average Bonchev–Trinajstić information content (AvgIpc) is 2.64. The fraction of sp³-hybridized carbons (Fsp3) is 0.167. The van der Waals surface area contributed by atoms with Crippen molar-refractivity contribution in [2.75, 3.05) is 13.7 Å². The second-order valence-electron chi connectivity index (χ2n) is 5.09. The Morgan fingerprint density at radius 3 is 2.24 bits per heavy atom. The van der Waals surface area contributed by atoms with E-state index in [-0.39, 0.29) is 6.54 Å². The number of methoxy groups -OCH3 is 1. The number of hydrogen-bond donors (Lipinski definition) is 2. The SMILES string of the molecule is COc1ccc(C(=O)NCC(=O)OC(C(N)=O)c2ccccc2)cc1. The van der Waals surface area contributed by atoms with Gasteiger partial charge in [0.25, 0.3) is 11.8 Å². The molecule has 2 amide bonds. The molecular weight excluding hydrogens is 324 g/mol. The van der Waals surface area contributed by atoms with E-state index in [0.717, 1.165) is 0 Å². The molecule has 0 aliphatic carbocycles. The van der Waals surface area contributed by atoms with Crippen LogP contribution in [0.2, 0.25) is 0 Å². The summed E-state index contributed by atoms with van der Waals surface area (Å²) in [6.07, 6.45) is -1.20. The minimum Gasteiger partial charge on any atom is -0.497 e. The smallest absolute Gasteiger partial charge is 0.326 e. The van der Waals surface area contributed by atoms with E-state index in [1.165, 1.54) is 7.11 Å². The third-order valence-corrected chi connectivity index (χ3v) is 3.36. The van der Waals surface area contributed by atoms with E-state index in [4.69, 9.17) is 15.2 Å². The van der Waals surface area contributed by atoms with Crippen molar-refractivity contribution in [2.24, 2.45) is 5.73 Å². The Kier molecular flexibility index (Phi) is 6.11. The maximum absolute atomic E-state index is 12.0. The maximum atomic E-state index is 12.0. The van der Waals surface area contributed by atoms with Crippen LogP contribution in [0.4, 0.5) is 0 Å². The molecule has 7 heteroatoms. The first-order chi connectivity index (χ1) is 12.0. The highest BCUT2D eigenvalue weighted by molar-refractivity contribution is 5.96. The van der Waals surface area contributed by atoms with Crippen LogP contribution in [0, 0.1) is 0 Å². The molecule has 1 unspecified atom stereocenters. The van der Waals surface area contributed by atoms with Crippen molar-refractivity contribution < 1.29 is 23.9 Å². The van der Waals surface area contributed by atoms with Crippen LogP contribution in [0.5, 0.6) is 5.75 Å². The summed E-state index contributed by atoms with van der Waals surface area (Å²) >= 11 is 0. The van der Waals surface area contributed by atoms with E-state index in [1.807, 2.05) is 0 Å². The van der Waals surface area contributed by atoms with Crippen LogP contribution in [0.25, 0.3) is 0 Å². The zero-order valence-corrected chi connectivity index (χ0v) is 13.6. The molecule has 0 saturated heterocycles. The van der Waals surface area contributed by atoms with Crippen molar-refractivity contribution in [1.82, 2.24) is 5.32 Å². The monoisotopic (exact) mass is 342 g/mol. The largest absolute Gasteiger partial charge is 0.497 e. The van der Waals surface area contributed by atoms with Crippen LogP contribution >= 0.6 is 0 Å². The van der Waals surface area contributed by atoms with E-state index >= 15 is 0 Å². The lowest BCUT2D eigenvalue weighted by molar-refractivity contribution is -0.154. The summed E-state index contributed by atoms with van der Waals surface area (Å²) in [6, 6.07) is 14.8. The summed E-state index contributed by atoms with van der Waals surface area (Å²) in [5.74, 6) is -1.39. The number of nitrogens with one attached hydrogen (secondary N) is 1. The second-order valence-corrected chi connectivity index (χ2v) is 5.09. The molecule has 2 aromatic rings. The number of rotatable bonds is 7. The third-order valence-electron chi connectivity index (χ3n) is 3.36. The van der Waals surface area contributed by atoms with E-state index in [9.17, 15) is 14.4 Å². The minimum absolute atomic E-state index is 0.364. The van der Waals surface area contributed by atoms with Crippen LogP contribution in [0.15, 0.2) is 54.6 Å². The molecule has 130 valence electrons. The van der Waals surface area contributed by atoms with Gasteiger partial charge in [0.2, 0.25) is 6.10 Å². The molecule has 3 N–H and O–H groups in total. The van der Waals surface area contributed by atoms with Crippen molar-refractivity contribution in [2.45, 2.75) is 6.10 Å². The quantitative estimate of drug-likeness (QED) is 0.735. The zero-order chi connectivity index (χ0) is 18.2. The van der Waals surface area contributed by atoms with Gasteiger partial charge in [0.1, 0.15) is 12.3 Å². The molecule has 0 fully saturated rings. The minimum atomic E-state index is -1.20. The van der Waals surface area contributed by atoms with Crippen molar-refractivity contribution in [3.63, 3.8) is 0 Å². The van der Waals surface area contributed by atoms with E-state index in [2.05, 4.69) is 5.32 Å². The molecule has 0 aliphatic heterocycles. The summed E-state index contributed by atoms with van der Waals surface area (Å²) in [4.78, 5) is 35.4. The molecule has 0 aromatic heterocycles. The second kappa shape index (κ2) is 8.49.